The second-order valence-corrected chi connectivity index (χ2v) is 4.87. The zero-order valence-electron chi connectivity index (χ0n) is 11.3. The second-order valence-electron chi connectivity index (χ2n) is 4.87. The van der Waals surface area contributed by atoms with E-state index in [4.69, 9.17) is 5.26 Å². The number of nitrogens with zero attached hydrogens (tertiary/aromatic N) is 3. The van der Waals surface area contributed by atoms with Crippen LogP contribution in [0, 0.1) is 17.2 Å². The predicted molar refractivity (Wildman–Crippen MR) is 72.2 cm³/mol. The lowest BCUT2D eigenvalue weighted by Gasteiger charge is -2.25. The maximum absolute atomic E-state index is 9.42. The number of aliphatic hydroxyl groups is 1. The molecule has 0 radical (unpaired) electrons. The van der Waals surface area contributed by atoms with E-state index >= 15 is 0 Å². The van der Waals surface area contributed by atoms with Gasteiger partial charge in [0.1, 0.15) is 0 Å². The van der Waals surface area contributed by atoms with Crippen LogP contribution in [0.2, 0.25) is 0 Å². The summed E-state index contributed by atoms with van der Waals surface area (Å²) in [4.78, 5) is 6.40. The van der Waals surface area contributed by atoms with Crippen molar-refractivity contribution in [2.45, 2.75) is 33.3 Å². The molecule has 1 aromatic heterocycles. The molecule has 98 valence electrons. The smallest absolute Gasteiger partial charge is 0.0931 e. The molecule has 1 aromatic rings. The molecule has 0 unspecified atom stereocenters. The third-order valence-corrected chi connectivity index (χ3v) is 2.64. The van der Waals surface area contributed by atoms with Crippen LogP contribution in [-0.4, -0.2) is 23.2 Å². The van der Waals surface area contributed by atoms with E-state index in [0.717, 1.165) is 12.2 Å². The molecular formula is C14H21N3O. The van der Waals surface area contributed by atoms with E-state index in [1.807, 2.05) is 12.1 Å². The first kappa shape index (κ1) is 14.5. The molecule has 18 heavy (non-hydrogen) atoms. The first-order chi connectivity index (χ1) is 8.54. The van der Waals surface area contributed by atoms with Gasteiger partial charge in [-0.2, -0.15) is 5.26 Å². The van der Waals surface area contributed by atoms with Gasteiger partial charge in [-0.1, -0.05) is 13.8 Å². The molecule has 0 aliphatic rings. The second kappa shape index (κ2) is 6.97. The Morgan fingerprint density at radius 2 is 2.11 bits per heavy atom. The SMILES string of the molecule is CC(C)CN(CCC#N)c1ccc([C@H](C)O)nc1. The van der Waals surface area contributed by atoms with Gasteiger partial charge in [-0.3, -0.25) is 4.98 Å². The summed E-state index contributed by atoms with van der Waals surface area (Å²) in [6.07, 6.45) is 1.73. The van der Waals surface area contributed by atoms with Crippen molar-refractivity contribution in [2.24, 2.45) is 5.92 Å². The normalized spacial score (nSPS) is 12.2. The van der Waals surface area contributed by atoms with E-state index in [9.17, 15) is 5.11 Å². The third-order valence-electron chi connectivity index (χ3n) is 2.64. The molecule has 0 aliphatic heterocycles. The monoisotopic (exact) mass is 247 g/mol. The number of aromatic nitrogens is 1. The highest BCUT2D eigenvalue weighted by atomic mass is 16.3. The molecule has 0 saturated heterocycles. The van der Waals surface area contributed by atoms with Gasteiger partial charge in [0, 0.05) is 13.1 Å². The summed E-state index contributed by atoms with van der Waals surface area (Å²) in [5, 5.41) is 18.1. The van der Waals surface area contributed by atoms with Crippen molar-refractivity contribution in [1.82, 2.24) is 4.98 Å². The van der Waals surface area contributed by atoms with Crippen LogP contribution >= 0.6 is 0 Å². The lowest BCUT2D eigenvalue weighted by Crippen LogP contribution is -2.28. The highest BCUT2D eigenvalue weighted by Crippen LogP contribution is 2.17. The minimum atomic E-state index is -0.545. The van der Waals surface area contributed by atoms with Crippen molar-refractivity contribution in [2.75, 3.05) is 18.0 Å². The Balaban J connectivity index is 2.81. The minimum absolute atomic E-state index is 0.505. The minimum Gasteiger partial charge on any atom is -0.387 e. The molecule has 0 amide bonds. The topological polar surface area (TPSA) is 60.2 Å². The van der Waals surface area contributed by atoms with Gasteiger partial charge in [0.05, 0.1) is 36.2 Å². The number of anilines is 1. The van der Waals surface area contributed by atoms with Gasteiger partial charge in [-0.05, 0) is 25.0 Å². The summed E-state index contributed by atoms with van der Waals surface area (Å²) in [6, 6.07) is 5.95. The van der Waals surface area contributed by atoms with Crippen molar-refractivity contribution in [3.05, 3.63) is 24.0 Å². The van der Waals surface area contributed by atoms with Crippen molar-refractivity contribution >= 4 is 5.69 Å². The van der Waals surface area contributed by atoms with E-state index in [2.05, 4.69) is 29.8 Å². The van der Waals surface area contributed by atoms with E-state index in [1.54, 1.807) is 13.1 Å². The summed E-state index contributed by atoms with van der Waals surface area (Å²) >= 11 is 0. The van der Waals surface area contributed by atoms with E-state index in [-0.39, 0.29) is 0 Å². The van der Waals surface area contributed by atoms with E-state index < -0.39 is 6.10 Å². The van der Waals surface area contributed by atoms with Crippen LogP contribution in [0.15, 0.2) is 18.3 Å². The average Bonchev–Trinajstić information content (AvgIpc) is 2.34. The Hall–Kier alpha value is -1.60. The molecule has 0 fully saturated rings. The highest BCUT2D eigenvalue weighted by molar-refractivity contribution is 5.44. The zero-order chi connectivity index (χ0) is 13.5. The fourth-order valence-corrected chi connectivity index (χ4v) is 1.78. The van der Waals surface area contributed by atoms with Crippen molar-refractivity contribution in [3.8, 4) is 6.07 Å². The lowest BCUT2D eigenvalue weighted by atomic mass is 10.2. The van der Waals surface area contributed by atoms with Crippen LogP contribution in [-0.2, 0) is 0 Å². The molecule has 0 bridgehead atoms. The molecule has 4 nitrogen and oxygen atoms in total. The molecule has 1 N–H and O–H groups in total. The number of pyridine rings is 1. The summed E-state index contributed by atoms with van der Waals surface area (Å²) < 4.78 is 0. The van der Waals surface area contributed by atoms with Crippen LogP contribution in [0.25, 0.3) is 0 Å². The Bertz CT molecular complexity index is 392. The largest absolute Gasteiger partial charge is 0.387 e. The zero-order valence-corrected chi connectivity index (χ0v) is 11.3. The maximum Gasteiger partial charge on any atom is 0.0931 e. The molecular weight excluding hydrogens is 226 g/mol. The fraction of sp³-hybridized carbons (Fsp3) is 0.571. The summed E-state index contributed by atoms with van der Waals surface area (Å²) in [7, 11) is 0. The van der Waals surface area contributed by atoms with Gasteiger partial charge in [0.15, 0.2) is 0 Å². The van der Waals surface area contributed by atoms with E-state index in [0.29, 0.717) is 24.6 Å². The predicted octanol–water partition coefficient (Wildman–Crippen LogP) is 2.51. The maximum atomic E-state index is 9.42. The van der Waals surface area contributed by atoms with Crippen LogP contribution in [0.4, 0.5) is 5.69 Å². The number of nitriles is 1. The van der Waals surface area contributed by atoms with Crippen LogP contribution < -0.4 is 4.90 Å². The van der Waals surface area contributed by atoms with E-state index in [1.165, 1.54) is 0 Å². The van der Waals surface area contributed by atoms with Crippen molar-refractivity contribution in [1.29, 1.82) is 5.26 Å². The van der Waals surface area contributed by atoms with Gasteiger partial charge >= 0.3 is 0 Å². The Morgan fingerprint density at radius 3 is 2.56 bits per heavy atom. The number of hydrogen-bond donors (Lipinski definition) is 1. The number of hydrogen-bond acceptors (Lipinski definition) is 4. The molecule has 4 heteroatoms. The van der Waals surface area contributed by atoms with Gasteiger partial charge in [-0.25, -0.2) is 0 Å². The van der Waals surface area contributed by atoms with Crippen molar-refractivity contribution < 1.29 is 5.11 Å². The standard InChI is InChI=1S/C14H21N3O/c1-11(2)10-17(8-4-7-15)13-5-6-14(12(3)18)16-9-13/h5-6,9,11-12,18H,4,8,10H2,1-3H3/t12-/m0/s1. The molecule has 1 heterocycles. The molecule has 0 saturated carbocycles. The van der Waals surface area contributed by atoms with Gasteiger partial charge in [0.2, 0.25) is 0 Å². The molecule has 1 rings (SSSR count). The Labute approximate surface area is 109 Å². The van der Waals surface area contributed by atoms with Crippen LogP contribution in [0.1, 0.15) is 39.0 Å². The van der Waals surface area contributed by atoms with Crippen molar-refractivity contribution in [3.63, 3.8) is 0 Å². The number of rotatable bonds is 6. The molecule has 1 atom stereocenters. The Morgan fingerprint density at radius 1 is 1.39 bits per heavy atom. The first-order valence-electron chi connectivity index (χ1n) is 6.30. The Kier molecular flexibility index (Phi) is 5.60. The van der Waals surface area contributed by atoms with Gasteiger partial charge in [-0.15, -0.1) is 0 Å². The third kappa shape index (κ3) is 4.34. The lowest BCUT2D eigenvalue weighted by molar-refractivity contribution is 0.194. The number of aliphatic hydroxyl groups excluding tert-OH is 1. The van der Waals surface area contributed by atoms with Gasteiger partial charge < -0.3 is 10.0 Å². The summed E-state index contributed by atoms with van der Waals surface area (Å²) in [6.45, 7) is 7.61. The highest BCUT2D eigenvalue weighted by Gasteiger charge is 2.10. The average molecular weight is 247 g/mol. The summed E-state index contributed by atoms with van der Waals surface area (Å²) in [5.41, 5.74) is 1.67. The van der Waals surface area contributed by atoms with Crippen LogP contribution in [0.3, 0.4) is 0 Å². The molecule has 0 aliphatic carbocycles. The quantitative estimate of drug-likeness (QED) is 0.839. The summed E-state index contributed by atoms with van der Waals surface area (Å²) in [5.74, 6) is 0.528. The van der Waals surface area contributed by atoms with Gasteiger partial charge in [0.25, 0.3) is 0 Å². The van der Waals surface area contributed by atoms with Crippen LogP contribution in [0.5, 0.6) is 0 Å². The molecule has 0 spiro atoms. The molecule has 0 aromatic carbocycles. The first-order valence-corrected chi connectivity index (χ1v) is 6.30. The fourth-order valence-electron chi connectivity index (χ4n) is 1.78.